The second-order valence-electron chi connectivity index (χ2n) is 9.15. The zero-order valence-electron chi connectivity index (χ0n) is 19.2. The van der Waals surface area contributed by atoms with E-state index in [0.29, 0.717) is 0 Å². The highest BCUT2D eigenvalue weighted by atomic mass is 16.2. The van der Waals surface area contributed by atoms with Crippen LogP contribution in [0.2, 0.25) is 0 Å². The van der Waals surface area contributed by atoms with Gasteiger partial charge in [0.25, 0.3) is 5.91 Å². The highest BCUT2D eigenvalue weighted by Crippen LogP contribution is 2.33. The summed E-state index contributed by atoms with van der Waals surface area (Å²) in [5.41, 5.74) is 6.71. The normalized spacial score (nSPS) is 17.1. The second-order valence-corrected chi connectivity index (χ2v) is 9.15. The summed E-state index contributed by atoms with van der Waals surface area (Å²) in [7, 11) is 0. The summed E-state index contributed by atoms with van der Waals surface area (Å²) in [5.74, 6) is 0.134. The number of fused-ring (bicyclic) bond motifs is 1. The number of piperidine rings is 1. The smallest absolute Gasteiger partial charge is 0.257 e. The number of anilines is 2. The summed E-state index contributed by atoms with van der Waals surface area (Å²) in [6, 6.07) is 14.9. The molecule has 32 heavy (non-hydrogen) atoms. The molecule has 0 bridgehead atoms. The molecule has 5 nitrogen and oxygen atoms in total. The molecule has 0 unspecified atom stereocenters. The number of piperazine rings is 1. The van der Waals surface area contributed by atoms with Crippen LogP contribution < -0.4 is 9.80 Å². The molecule has 2 aliphatic rings. The van der Waals surface area contributed by atoms with Gasteiger partial charge in [-0.15, -0.1) is 0 Å². The van der Waals surface area contributed by atoms with Crippen LogP contribution in [-0.4, -0.2) is 55.1 Å². The van der Waals surface area contributed by atoms with Gasteiger partial charge in [0, 0.05) is 56.5 Å². The van der Waals surface area contributed by atoms with Crippen molar-refractivity contribution in [2.75, 3.05) is 49.1 Å². The molecule has 0 atom stereocenters. The monoisotopic (exact) mass is 428 g/mol. The van der Waals surface area contributed by atoms with E-state index in [1.807, 2.05) is 23.2 Å². The van der Waals surface area contributed by atoms with E-state index in [4.69, 9.17) is 0 Å². The van der Waals surface area contributed by atoms with Gasteiger partial charge in [0.05, 0.1) is 16.8 Å². The van der Waals surface area contributed by atoms with E-state index in [1.165, 1.54) is 23.2 Å². The number of hydrogen-bond donors (Lipinski definition) is 0. The Morgan fingerprint density at radius 3 is 2.34 bits per heavy atom. The molecule has 2 aliphatic heterocycles. The number of benzene rings is 2. The van der Waals surface area contributed by atoms with Crippen molar-refractivity contribution < 1.29 is 4.79 Å². The number of aromatic nitrogens is 1. The van der Waals surface area contributed by atoms with Gasteiger partial charge in [0.2, 0.25) is 0 Å². The van der Waals surface area contributed by atoms with E-state index in [0.717, 1.165) is 74.3 Å². The second kappa shape index (κ2) is 8.81. The molecule has 0 aliphatic carbocycles. The van der Waals surface area contributed by atoms with E-state index < -0.39 is 0 Å². The number of hydrogen-bond acceptors (Lipinski definition) is 4. The Bertz CT molecular complexity index is 1130. The molecule has 166 valence electrons. The average Bonchev–Trinajstić information content (AvgIpc) is 2.85. The van der Waals surface area contributed by atoms with Crippen LogP contribution in [0.1, 0.15) is 40.7 Å². The molecule has 2 aromatic carbocycles. The third-order valence-corrected chi connectivity index (χ3v) is 6.92. The van der Waals surface area contributed by atoms with E-state index in [-0.39, 0.29) is 5.91 Å². The maximum Gasteiger partial charge on any atom is 0.257 e. The number of carbonyl (C=O) groups excluding carboxylic acids is 1. The van der Waals surface area contributed by atoms with Crippen molar-refractivity contribution >= 4 is 28.2 Å². The minimum Gasteiger partial charge on any atom is -0.368 e. The molecule has 0 radical (unpaired) electrons. The largest absolute Gasteiger partial charge is 0.368 e. The van der Waals surface area contributed by atoms with Crippen molar-refractivity contribution in [3.8, 4) is 0 Å². The quantitative estimate of drug-likeness (QED) is 0.601. The first-order chi connectivity index (χ1) is 15.6. The molecule has 1 aromatic heterocycles. The summed E-state index contributed by atoms with van der Waals surface area (Å²) >= 11 is 0. The van der Waals surface area contributed by atoms with Gasteiger partial charge in [-0.05, 0) is 56.4 Å². The molecule has 2 saturated heterocycles. The van der Waals surface area contributed by atoms with Crippen LogP contribution in [0.4, 0.5) is 11.4 Å². The first-order valence-corrected chi connectivity index (χ1v) is 11.9. The fraction of sp³-hybridized carbons (Fsp3) is 0.407. The van der Waals surface area contributed by atoms with Gasteiger partial charge < -0.3 is 14.7 Å². The molecule has 5 rings (SSSR count). The summed E-state index contributed by atoms with van der Waals surface area (Å²) in [5, 5.41) is 1.08. The Morgan fingerprint density at radius 2 is 1.56 bits per heavy atom. The number of pyridine rings is 1. The van der Waals surface area contributed by atoms with E-state index in [9.17, 15) is 4.79 Å². The van der Waals surface area contributed by atoms with Crippen LogP contribution in [0.3, 0.4) is 0 Å². The summed E-state index contributed by atoms with van der Waals surface area (Å²) in [4.78, 5) is 25.1. The molecule has 0 N–H and O–H groups in total. The molecule has 3 heterocycles. The van der Waals surface area contributed by atoms with Crippen LogP contribution in [0.15, 0.2) is 48.7 Å². The third-order valence-electron chi connectivity index (χ3n) is 6.92. The Labute approximate surface area is 190 Å². The SMILES string of the molecule is Cc1ccc(C)c(N2CCN(c3c(C(=O)N4CCCCC4)cnc4ccccc34)CC2)c1. The van der Waals surface area contributed by atoms with Crippen LogP contribution in [0.25, 0.3) is 10.9 Å². The van der Waals surface area contributed by atoms with Gasteiger partial charge in [-0.25, -0.2) is 0 Å². The zero-order chi connectivity index (χ0) is 22.1. The minimum absolute atomic E-state index is 0.134. The number of carbonyl (C=O) groups is 1. The maximum absolute atomic E-state index is 13.5. The number of amides is 1. The Morgan fingerprint density at radius 1 is 0.844 bits per heavy atom. The van der Waals surface area contributed by atoms with Crippen LogP contribution >= 0.6 is 0 Å². The van der Waals surface area contributed by atoms with Crippen molar-refractivity contribution in [2.45, 2.75) is 33.1 Å². The summed E-state index contributed by atoms with van der Waals surface area (Å²) in [6.45, 7) is 9.71. The Balaban J connectivity index is 1.46. The lowest BCUT2D eigenvalue weighted by molar-refractivity contribution is 0.0724. The molecular formula is C27H32N4O. The number of nitrogens with zero attached hydrogens (tertiary/aromatic N) is 4. The van der Waals surface area contributed by atoms with Gasteiger partial charge in [-0.1, -0.05) is 30.3 Å². The third kappa shape index (κ3) is 3.92. The maximum atomic E-state index is 13.5. The van der Waals surface area contributed by atoms with Crippen molar-refractivity contribution in [3.05, 3.63) is 65.4 Å². The van der Waals surface area contributed by atoms with Crippen molar-refractivity contribution in [3.63, 3.8) is 0 Å². The minimum atomic E-state index is 0.134. The molecule has 1 amide bonds. The fourth-order valence-corrected chi connectivity index (χ4v) is 5.12. The van der Waals surface area contributed by atoms with E-state index in [1.54, 1.807) is 0 Å². The number of para-hydroxylation sites is 1. The van der Waals surface area contributed by atoms with Gasteiger partial charge in [-0.3, -0.25) is 9.78 Å². The topological polar surface area (TPSA) is 39.7 Å². The van der Waals surface area contributed by atoms with Crippen molar-refractivity contribution in [2.24, 2.45) is 0 Å². The first-order valence-electron chi connectivity index (χ1n) is 11.9. The fourth-order valence-electron chi connectivity index (χ4n) is 5.12. The summed E-state index contributed by atoms with van der Waals surface area (Å²) in [6.07, 6.45) is 5.21. The van der Waals surface area contributed by atoms with Gasteiger partial charge in [0.15, 0.2) is 0 Å². The highest BCUT2D eigenvalue weighted by Gasteiger charge is 2.27. The van der Waals surface area contributed by atoms with Crippen molar-refractivity contribution in [1.29, 1.82) is 0 Å². The van der Waals surface area contributed by atoms with Crippen molar-refractivity contribution in [1.82, 2.24) is 9.88 Å². The zero-order valence-corrected chi connectivity index (χ0v) is 19.2. The predicted molar refractivity (Wildman–Crippen MR) is 132 cm³/mol. The van der Waals surface area contributed by atoms with Gasteiger partial charge in [0.1, 0.15) is 0 Å². The standard InChI is InChI=1S/C27H32N4O/c1-20-10-11-21(2)25(18-20)29-14-16-30(17-15-29)26-22-8-4-5-9-24(22)28-19-23(26)27(32)31-12-6-3-7-13-31/h4-5,8-11,18-19H,3,6-7,12-17H2,1-2H3. The molecule has 0 saturated carbocycles. The van der Waals surface area contributed by atoms with E-state index >= 15 is 0 Å². The number of likely N-dealkylation sites (tertiary alicyclic amines) is 1. The number of rotatable bonds is 3. The van der Waals surface area contributed by atoms with Crippen LogP contribution in [0, 0.1) is 13.8 Å². The molecule has 0 spiro atoms. The van der Waals surface area contributed by atoms with Gasteiger partial charge >= 0.3 is 0 Å². The molecule has 2 fully saturated rings. The molecule has 5 heteroatoms. The highest BCUT2D eigenvalue weighted by molar-refractivity contribution is 6.07. The Hall–Kier alpha value is -3.08. The predicted octanol–water partition coefficient (Wildman–Crippen LogP) is 4.80. The Kier molecular flexibility index (Phi) is 5.73. The molecule has 3 aromatic rings. The van der Waals surface area contributed by atoms with Crippen LogP contribution in [0.5, 0.6) is 0 Å². The summed E-state index contributed by atoms with van der Waals surface area (Å²) < 4.78 is 0. The van der Waals surface area contributed by atoms with E-state index in [2.05, 4.69) is 59.0 Å². The average molecular weight is 429 g/mol. The molecular weight excluding hydrogens is 396 g/mol. The lowest BCUT2D eigenvalue weighted by atomic mass is 10.0. The van der Waals surface area contributed by atoms with Gasteiger partial charge in [-0.2, -0.15) is 0 Å². The lowest BCUT2D eigenvalue weighted by Gasteiger charge is -2.39. The number of aryl methyl sites for hydroxylation is 2. The van der Waals surface area contributed by atoms with Crippen LogP contribution in [-0.2, 0) is 0 Å². The first kappa shape index (κ1) is 20.8. The lowest BCUT2D eigenvalue weighted by Crippen LogP contribution is -2.47.